The number of carbonyl (C=O) groups excluding carboxylic acids is 3. The molecule has 0 unspecified atom stereocenters. The number of nitrogens with one attached hydrogen (secondary N) is 2. The van der Waals surface area contributed by atoms with Gasteiger partial charge in [0.15, 0.2) is 12.3 Å². The molecule has 0 bridgehead atoms. The number of hydrogen-bond acceptors (Lipinski definition) is 6. The van der Waals surface area contributed by atoms with Crippen molar-refractivity contribution in [1.82, 2.24) is 25.2 Å². The van der Waals surface area contributed by atoms with Crippen LogP contribution in [0.5, 0.6) is 0 Å². The fraction of sp³-hybridized carbons (Fsp3) is 0.381. The van der Waals surface area contributed by atoms with Crippen molar-refractivity contribution in [3.05, 3.63) is 41.2 Å². The van der Waals surface area contributed by atoms with Gasteiger partial charge in [-0.15, -0.1) is 0 Å². The molecule has 9 heteroatoms. The smallest absolute Gasteiger partial charge is 0.321 e. The predicted molar refractivity (Wildman–Crippen MR) is 111 cm³/mol. The minimum atomic E-state index is -0.671. The molecule has 0 saturated carbocycles. The molecule has 0 aliphatic carbocycles. The van der Waals surface area contributed by atoms with E-state index in [1.807, 2.05) is 45.0 Å². The molecule has 0 saturated heterocycles. The Hall–Kier alpha value is -3.49. The van der Waals surface area contributed by atoms with Crippen molar-refractivity contribution < 1.29 is 19.1 Å². The first-order valence-corrected chi connectivity index (χ1v) is 9.87. The van der Waals surface area contributed by atoms with E-state index in [9.17, 15) is 14.4 Å². The zero-order valence-corrected chi connectivity index (χ0v) is 17.3. The molecule has 158 valence electrons. The first-order valence-electron chi connectivity index (χ1n) is 9.87. The summed E-state index contributed by atoms with van der Waals surface area (Å²) in [4.78, 5) is 39.8. The van der Waals surface area contributed by atoms with E-state index >= 15 is 0 Å². The van der Waals surface area contributed by atoms with Crippen molar-refractivity contribution in [3.63, 3.8) is 0 Å². The van der Waals surface area contributed by atoms with Gasteiger partial charge in [-0.2, -0.15) is 5.10 Å². The van der Waals surface area contributed by atoms with Crippen LogP contribution in [0.4, 0.5) is 4.79 Å². The van der Waals surface area contributed by atoms with E-state index in [0.717, 1.165) is 39.9 Å². The van der Waals surface area contributed by atoms with Gasteiger partial charge in [0.25, 0.3) is 5.91 Å². The molecule has 2 aromatic heterocycles. The van der Waals surface area contributed by atoms with Crippen LogP contribution in [0.1, 0.15) is 36.7 Å². The Labute approximate surface area is 173 Å². The van der Waals surface area contributed by atoms with Gasteiger partial charge in [0.2, 0.25) is 0 Å². The summed E-state index contributed by atoms with van der Waals surface area (Å²) in [5.41, 5.74) is 4.29. The molecule has 0 atom stereocenters. The third kappa shape index (κ3) is 4.73. The molecule has 9 nitrogen and oxygen atoms in total. The molecule has 3 aromatic rings. The lowest BCUT2D eigenvalue weighted by atomic mass is 10.1. The lowest BCUT2D eigenvalue weighted by molar-refractivity contribution is -0.148. The standard InChI is InChI=1S/C21H25N5O4/c1-4-11-22-21(29)24-18(27)12-30-19(28)10-9-15-13(2)23-20-16-7-5-6-8-17(16)25-26(20)14(15)3/h5-8H,4,9-12H2,1-3H3,(H2,22,24,27,29). The Bertz CT molecular complexity index is 1110. The summed E-state index contributed by atoms with van der Waals surface area (Å²) in [5, 5.41) is 10.2. The second-order valence-corrected chi connectivity index (χ2v) is 6.98. The molecular formula is C21H25N5O4. The number of aromatic nitrogens is 3. The molecule has 0 aliphatic heterocycles. The third-order valence-corrected chi connectivity index (χ3v) is 4.75. The molecule has 3 rings (SSSR count). The van der Waals surface area contributed by atoms with E-state index in [-0.39, 0.29) is 6.42 Å². The van der Waals surface area contributed by atoms with Crippen LogP contribution in [0.15, 0.2) is 24.3 Å². The Morgan fingerprint density at radius 1 is 1.17 bits per heavy atom. The number of urea groups is 1. The maximum absolute atomic E-state index is 12.1. The van der Waals surface area contributed by atoms with E-state index in [4.69, 9.17) is 4.74 Å². The minimum Gasteiger partial charge on any atom is -0.456 e. The number of nitrogens with zero attached hydrogens (tertiary/aromatic N) is 3. The van der Waals surface area contributed by atoms with Crippen LogP contribution in [0.3, 0.4) is 0 Å². The molecule has 2 heterocycles. The molecule has 0 aliphatic rings. The highest BCUT2D eigenvalue weighted by Crippen LogP contribution is 2.22. The summed E-state index contributed by atoms with van der Waals surface area (Å²) in [6.07, 6.45) is 1.25. The van der Waals surface area contributed by atoms with Crippen molar-refractivity contribution in [2.45, 2.75) is 40.0 Å². The summed E-state index contributed by atoms with van der Waals surface area (Å²) in [6, 6.07) is 7.19. The summed E-state index contributed by atoms with van der Waals surface area (Å²) in [6.45, 7) is 5.70. The Morgan fingerprint density at radius 2 is 1.93 bits per heavy atom. The van der Waals surface area contributed by atoms with E-state index in [1.165, 1.54) is 0 Å². The van der Waals surface area contributed by atoms with Gasteiger partial charge in [0, 0.05) is 29.7 Å². The molecule has 0 fully saturated rings. The molecule has 0 spiro atoms. The highest BCUT2D eigenvalue weighted by molar-refractivity contribution is 5.95. The summed E-state index contributed by atoms with van der Waals surface area (Å²) >= 11 is 0. The lowest BCUT2D eigenvalue weighted by Gasteiger charge is -2.11. The lowest BCUT2D eigenvalue weighted by Crippen LogP contribution is -2.41. The van der Waals surface area contributed by atoms with Gasteiger partial charge in [-0.3, -0.25) is 14.9 Å². The van der Waals surface area contributed by atoms with Crippen LogP contribution < -0.4 is 10.6 Å². The predicted octanol–water partition coefficient (Wildman–Crippen LogP) is 2.21. The molecule has 1 aromatic carbocycles. The van der Waals surface area contributed by atoms with Crippen LogP contribution in [0.25, 0.3) is 16.6 Å². The monoisotopic (exact) mass is 411 g/mol. The number of aryl methyl sites for hydroxylation is 2. The number of benzene rings is 1. The van der Waals surface area contributed by atoms with Crippen LogP contribution in [-0.4, -0.2) is 45.7 Å². The van der Waals surface area contributed by atoms with Gasteiger partial charge in [-0.1, -0.05) is 19.1 Å². The summed E-state index contributed by atoms with van der Waals surface area (Å²) < 4.78 is 6.76. The van der Waals surface area contributed by atoms with Gasteiger partial charge in [0.1, 0.15) is 0 Å². The molecule has 3 amide bonds. The van der Waals surface area contributed by atoms with Gasteiger partial charge < -0.3 is 10.1 Å². The fourth-order valence-corrected chi connectivity index (χ4v) is 3.23. The van der Waals surface area contributed by atoms with E-state index in [1.54, 1.807) is 4.52 Å². The van der Waals surface area contributed by atoms with E-state index in [2.05, 4.69) is 20.7 Å². The fourth-order valence-electron chi connectivity index (χ4n) is 3.23. The zero-order valence-electron chi connectivity index (χ0n) is 17.3. The number of rotatable bonds is 7. The quantitative estimate of drug-likeness (QED) is 0.576. The average molecular weight is 411 g/mol. The van der Waals surface area contributed by atoms with Crippen molar-refractivity contribution >= 4 is 34.5 Å². The SMILES string of the molecule is CCCNC(=O)NC(=O)COC(=O)CCc1c(C)nc2c3ccccc3nn2c1C. The zero-order chi connectivity index (χ0) is 21.7. The topological polar surface area (TPSA) is 115 Å². The number of imide groups is 1. The summed E-state index contributed by atoms with van der Waals surface area (Å²) in [7, 11) is 0. The number of carbonyl (C=O) groups is 3. The molecule has 0 radical (unpaired) electrons. The van der Waals surface area contributed by atoms with Gasteiger partial charge in [0.05, 0.1) is 5.52 Å². The molecule has 30 heavy (non-hydrogen) atoms. The first kappa shape index (κ1) is 21.2. The van der Waals surface area contributed by atoms with Gasteiger partial charge >= 0.3 is 12.0 Å². The number of hydrogen-bond donors (Lipinski definition) is 2. The van der Waals surface area contributed by atoms with Crippen molar-refractivity contribution in [2.24, 2.45) is 0 Å². The van der Waals surface area contributed by atoms with Crippen molar-refractivity contribution in [3.8, 4) is 0 Å². The first-order chi connectivity index (χ1) is 14.4. The summed E-state index contributed by atoms with van der Waals surface area (Å²) in [5.74, 6) is -1.20. The van der Waals surface area contributed by atoms with Crippen molar-refractivity contribution in [2.75, 3.05) is 13.2 Å². The number of esters is 1. The second kappa shape index (κ2) is 9.34. The van der Waals surface area contributed by atoms with E-state index < -0.39 is 24.5 Å². The van der Waals surface area contributed by atoms with Gasteiger partial charge in [-0.05, 0) is 44.4 Å². The number of fused-ring (bicyclic) bond motifs is 3. The maximum atomic E-state index is 12.1. The number of ether oxygens (including phenoxy) is 1. The second-order valence-electron chi connectivity index (χ2n) is 6.98. The van der Waals surface area contributed by atoms with E-state index in [0.29, 0.717) is 13.0 Å². The van der Waals surface area contributed by atoms with Gasteiger partial charge in [-0.25, -0.2) is 14.3 Å². The van der Waals surface area contributed by atoms with Crippen LogP contribution in [0.2, 0.25) is 0 Å². The average Bonchev–Trinajstić information content (AvgIpc) is 3.09. The highest BCUT2D eigenvalue weighted by Gasteiger charge is 2.16. The Kier molecular flexibility index (Phi) is 6.61. The maximum Gasteiger partial charge on any atom is 0.321 e. The van der Waals surface area contributed by atoms with Crippen LogP contribution >= 0.6 is 0 Å². The van der Waals surface area contributed by atoms with Crippen molar-refractivity contribution in [1.29, 1.82) is 0 Å². The highest BCUT2D eigenvalue weighted by atomic mass is 16.5. The Balaban J connectivity index is 1.60. The molecular weight excluding hydrogens is 386 g/mol. The third-order valence-electron chi connectivity index (χ3n) is 4.75. The molecule has 2 N–H and O–H groups in total. The normalized spacial score (nSPS) is 10.9. The number of amides is 3. The Morgan fingerprint density at radius 3 is 2.70 bits per heavy atom. The minimum absolute atomic E-state index is 0.0883. The van der Waals surface area contributed by atoms with Crippen LogP contribution in [-0.2, 0) is 20.7 Å². The van der Waals surface area contributed by atoms with Crippen LogP contribution in [0, 0.1) is 13.8 Å². The largest absolute Gasteiger partial charge is 0.456 e.